The van der Waals surface area contributed by atoms with Crippen LogP contribution in [-0.4, -0.2) is 57.6 Å². The maximum absolute atomic E-state index is 2.52. The van der Waals surface area contributed by atoms with Crippen molar-refractivity contribution in [3.63, 3.8) is 0 Å². The Labute approximate surface area is 100.0 Å². The van der Waals surface area contributed by atoms with Crippen molar-refractivity contribution in [2.45, 2.75) is 32.1 Å². The second-order valence-electron chi connectivity index (χ2n) is 6.64. The van der Waals surface area contributed by atoms with Crippen molar-refractivity contribution in [1.29, 1.82) is 0 Å². The summed E-state index contributed by atoms with van der Waals surface area (Å²) in [5.74, 6) is 2.95. The zero-order valence-electron chi connectivity index (χ0n) is 11.9. The lowest BCUT2D eigenvalue weighted by molar-refractivity contribution is 0.410. The van der Waals surface area contributed by atoms with E-state index in [9.17, 15) is 0 Å². The van der Waals surface area contributed by atoms with Gasteiger partial charge >= 0.3 is 0 Å². The first-order chi connectivity index (χ1) is 6.62. The monoisotopic (exact) mass is 249 g/mol. The highest BCUT2D eigenvalue weighted by Crippen LogP contribution is 2.42. The molecule has 0 aromatic carbocycles. The second-order valence-corrected chi connectivity index (χ2v) is 16.6. The third-order valence-corrected chi connectivity index (χ3v) is 7.52. The van der Waals surface area contributed by atoms with Crippen LogP contribution in [0.4, 0.5) is 0 Å². The summed E-state index contributed by atoms with van der Waals surface area (Å²) in [6.07, 6.45) is 6.41. The highest BCUT2D eigenvalue weighted by molar-refractivity contribution is 8.32. The van der Waals surface area contributed by atoms with Gasteiger partial charge in [0.05, 0.1) is 0 Å². The third kappa shape index (κ3) is 10.8. The molecule has 0 aromatic rings. The lowest BCUT2D eigenvalue weighted by Gasteiger charge is -2.34. The lowest BCUT2D eigenvalue weighted by Crippen LogP contribution is -2.24. The first-order valence-corrected chi connectivity index (χ1v) is 12.5. The van der Waals surface area contributed by atoms with E-state index in [4.69, 9.17) is 0 Å². The third-order valence-electron chi connectivity index (χ3n) is 2.71. The average Bonchev–Trinajstić information content (AvgIpc) is 1.99. The molecule has 94 valence electrons. The molecule has 0 N–H and O–H groups in total. The van der Waals surface area contributed by atoms with Crippen LogP contribution >= 0.6 is 10.0 Å². The fraction of sp³-hybridized carbons (Fsp3) is 1.00. The number of nitrogens with zero attached hydrogens (tertiary/aromatic N) is 1. The van der Waals surface area contributed by atoms with Gasteiger partial charge < -0.3 is 4.90 Å². The molecular formula is C12H31NSSi. The van der Waals surface area contributed by atoms with Gasteiger partial charge in [-0.05, 0) is 51.1 Å². The first-order valence-electron chi connectivity index (χ1n) is 5.96. The van der Waals surface area contributed by atoms with Gasteiger partial charge in [-0.25, -0.2) is 10.0 Å². The number of hydrogen-bond donors (Lipinski definition) is 0. The molecule has 0 fully saturated rings. The van der Waals surface area contributed by atoms with Crippen LogP contribution in [0.15, 0.2) is 0 Å². The predicted octanol–water partition coefficient (Wildman–Crippen LogP) is 3.34. The van der Waals surface area contributed by atoms with E-state index in [2.05, 4.69) is 51.1 Å². The Hall–Kier alpha value is 0.527. The topological polar surface area (TPSA) is 3.24 Å². The summed E-state index contributed by atoms with van der Waals surface area (Å²) in [6.45, 7) is 8.72. The molecule has 15 heavy (non-hydrogen) atoms. The molecule has 1 nitrogen and oxygen atoms in total. The van der Waals surface area contributed by atoms with Crippen LogP contribution in [0, 0.1) is 0 Å². The van der Waals surface area contributed by atoms with Gasteiger partial charge in [0, 0.05) is 8.07 Å². The summed E-state index contributed by atoms with van der Waals surface area (Å²) < 4.78 is 0. The highest BCUT2D eigenvalue weighted by Gasteiger charge is 2.18. The Morgan fingerprint density at radius 2 is 1.53 bits per heavy atom. The van der Waals surface area contributed by atoms with E-state index in [-0.39, 0.29) is 10.0 Å². The van der Waals surface area contributed by atoms with Crippen molar-refractivity contribution < 1.29 is 0 Å². The highest BCUT2D eigenvalue weighted by atomic mass is 32.3. The van der Waals surface area contributed by atoms with Crippen molar-refractivity contribution in [2.24, 2.45) is 0 Å². The van der Waals surface area contributed by atoms with Crippen molar-refractivity contribution >= 4 is 18.1 Å². The van der Waals surface area contributed by atoms with Gasteiger partial charge in [-0.2, -0.15) is 0 Å². The van der Waals surface area contributed by atoms with E-state index >= 15 is 0 Å². The summed E-state index contributed by atoms with van der Waals surface area (Å²) in [6, 6.07) is 1.51. The summed E-state index contributed by atoms with van der Waals surface area (Å²) >= 11 is 0. The molecule has 0 saturated heterocycles. The Balaban J connectivity index is 3.77. The van der Waals surface area contributed by atoms with Crippen LogP contribution in [0.25, 0.3) is 0 Å². The molecule has 0 amide bonds. The molecule has 0 aromatic heterocycles. The van der Waals surface area contributed by atoms with Crippen molar-refractivity contribution in [3.8, 4) is 0 Å². The van der Waals surface area contributed by atoms with Crippen molar-refractivity contribution in [1.82, 2.24) is 4.90 Å². The number of hydrogen-bond acceptors (Lipinski definition) is 1. The van der Waals surface area contributed by atoms with Gasteiger partial charge in [0.25, 0.3) is 0 Å². The second kappa shape index (κ2) is 6.31. The van der Waals surface area contributed by atoms with Crippen LogP contribution in [0.2, 0.25) is 25.7 Å². The SMILES string of the molecule is CN(C)CCCS(C)(C)CC[Si](C)(C)C. The molecular weight excluding hydrogens is 218 g/mol. The van der Waals surface area contributed by atoms with E-state index in [1.807, 2.05) is 0 Å². The van der Waals surface area contributed by atoms with Gasteiger partial charge in [0.15, 0.2) is 0 Å². The van der Waals surface area contributed by atoms with Gasteiger partial charge in [-0.3, -0.25) is 0 Å². The Morgan fingerprint density at radius 1 is 1.00 bits per heavy atom. The van der Waals surface area contributed by atoms with E-state index in [1.54, 1.807) is 0 Å². The molecule has 3 heteroatoms. The normalized spacial score (nSPS) is 14.7. The average molecular weight is 250 g/mol. The minimum atomic E-state index is -0.818. The Bertz CT molecular complexity index is 173. The minimum absolute atomic E-state index is 0.302. The molecule has 0 unspecified atom stereocenters. The first kappa shape index (κ1) is 15.5. The molecule has 0 aliphatic carbocycles. The van der Waals surface area contributed by atoms with Crippen LogP contribution in [0.3, 0.4) is 0 Å². The fourth-order valence-corrected chi connectivity index (χ4v) is 7.23. The maximum atomic E-state index is 2.52. The summed E-state index contributed by atoms with van der Waals surface area (Å²) in [5, 5.41) is 0. The Morgan fingerprint density at radius 3 is 1.93 bits per heavy atom. The number of rotatable bonds is 7. The van der Waals surface area contributed by atoms with Gasteiger partial charge in [-0.1, -0.05) is 25.7 Å². The van der Waals surface area contributed by atoms with Crippen LogP contribution in [0.1, 0.15) is 6.42 Å². The molecule has 0 aliphatic heterocycles. The van der Waals surface area contributed by atoms with Crippen LogP contribution in [0.5, 0.6) is 0 Å². The minimum Gasteiger partial charge on any atom is -0.309 e. The van der Waals surface area contributed by atoms with Gasteiger partial charge in [0.1, 0.15) is 0 Å². The zero-order chi connectivity index (χ0) is 12.1. The molecule has 0 rings (SSSR count). The summed E-state index contributed by atoms with van der Waals surface area (Å²) in [5.41, 5.74) is 0. The van der Waals surface area contributed by atoms with E-state index in [1.165, 1.54) is 30.5 Å². The predicted molar refractivity (Wildman–Crippen MR) is 80.5 cm³/mol. The van der Waals surface area contributed by atoms with Gasteiger partial charge in [0.2, 0.25) is 0 Å². The van der Waals surface area contributed by atoms with Gasteiger partial charge in [-0.15, -0.1) is 0 Å². The molecule has 0 saturated carbocycles. The molecule has 0 spiro atoms. The molecule has 0 heterocycles. The van der Waals surface area contributed by atoms with E-state index < -0.39 is 8.07 Å². The summed E-state index contributed by atoms with van der Waals surface area (Å²) in [4.78, 5) is 2.30. The molecule has 0 bridgehead atoms. The standard InChI is InChI=1S/C12H31NSSi/c1-13(2)9-8-10-14(3,4)11-12-15(5,6)7/h8-12H2,1-7H3. The molecule has 0 atom stereocenters. The zero-order valence-corrected chi connectivity index (χ0v) is 13.7. The maximum Gasteiger partial charge on any atom is 0.0450 e. The summed E-state index contributed by atoms with van der Waals surface area (Å²) in [7, 11) is 3.22. The lowest BCUT2D eigenvalue weighted by atomic mass is 10.5. The molecule has 0 radical (unpaired) electrons. The van der Waals surface area contributed by atoms with Crippen molar-refractivity contribution in [2.75, 3.05) is 44.7 Å². The molecule has 0 aliphatic rings. The Kier molecular flexibility index (Phi) is 6.53. The van der Waals surface area contributed by atoms with E-state index in [0.29, 0.717) is 0 Å². The van der Waals surface area contributed by atoms with Crippen LogP contribution < -0.4 is 0 Å². The van der Waals surface area contributed by atoms with Crippen molar-refractivity contribution in [3.05, 3.63) is 0 Å². The largest absolute Gasteiger partial charge is 0.309 e. The smallest absolute Gasteiger partial charge is 0.0450 e. The van der Waals surface area contributed by atoms with E-state index in [0.717, 1.165) is 0 Å². The quantitative estimate of drug-likeness (QED) is 0.626. The van der Waals surface area contributed by atoms with Crippen LogP contribution in [-0.2, 0) is 0 Å². The fourth-order valence-electron chi connectivity index (χ4n) is 1.46.